The van der Waals surface area contributed by atoms with Crippen LogP contribution in [0.15, 0.2) is 29.4 Å². The molecule has 2 rings (SSSR count). The van der Waals surface area contributed by atoms with E-state index in [1.165, 1.54) is 13.2 Å². The van der Waals surface area contributed by atoms with Crippen LogP contribution in [0.5, 0.6) is 11.5 Å². The Morgan fingerprint density at radius 1 is 1.24 bits per heavy atom. The van der Waals surface area contributed by atoms with Crippen molar-refractivity contribution in [2.45, 2.75) is 33.1 Å². The molecule has 0 amide bonds. The molecular formula is C18H24F3IN4O2S. The molecule has 1 heterocycles. The minimum Gasteiger partial charge on any atom is -0.493 e. The van der Waals surface area contributed by atoms with Crippen LogP contribution in [0, 0.1) is 6.92 Å². The number of methoxy groups -OCH3 is 1. The minimum atomic E-state index is -4.41. The molecule has 0 aliphatic carbocycles. The number of aromatic nitrogens is 1. The Morgan fingerprint density at radius 2 is 2.00 bits per heavy atom. The molecule has 1 aromatic carbocycles. The lowest BCUT2D eigenvalue weighted by Crippen LogP contribution is -2.36. The highest BCUT2D eigenvalue weighted by molar-refractivity contribution is 14.0. The quantitative estimate of drug-likeness (QED) is 0.295. The summed E-state index contributed by atoms with van der Waals surface area (Å²) in [6.07, 6.45) is -2.59. The van der Waals surface area contributed by atoms with E-state index in [1.807, 2.05) is 20.0 Å². The van der Waals surface area contributed by atoms with Crippen LogP contribution in [0.1, 0.15) is 22.4 Å². The molecule has 1 aromatic heterocycles. The number of benzene rings is 1. The second kappa shape index (κ2) is 12.1. The van der Waals surface area contributed by atoms with Crippen molar-refractivity contribution in [1.82, 2.24) is 15.6 Å². The molecule has 0 unspecified atom stereocenters. The van der Waals surface area contributed by atoms with Crippen LogP contribution in [0.3, 0.4) is 0 Å². The second-order valence-corrected chi connectivity index (χ2v) is 7.12. The summed E-state index contributed by atoms with van der Waals surface area (Å²) in [5.74, 6) is 0.886. The van der Waals surface area contributed by atoms with Crippen LogP contribution in [0.4, 0.5) is 13.2 Å². The molecule has 0 radical (unpaired) electrons. The average Bonchev–Trinajstić information content (AvgIpc) is 3.07. The molecule has 0 aliphatic rings. The third-order valence-electron chi connectivity index (χ3n) is 3.46. The van der Waals surface area contributed by atoms with Crippen molar-refractivity contribution in [3.63, 3.8) is 0 Å². The van der Waals surface area contributed by atoms with Crippen molar-refractivity contribution in [3.05, 3.63) is 39.8 Å². The zero-order valence-electron chi connectivity index (χ0n) is 16.3. The van der Waals surface area contributed by atoms with Gasteiger partial charge in [-0.25, -0.2) is 9.98 Å². The summed E-state index contributed by atoms with van der Waals surface area (Å²) >= 11 is 1.61. The van der Waals surface area contributed by atoms with Crippen molar-refractivity contribution in [2.24, 2.45) is 4.99 Å². The van der Waals surface area contributed by atoms with E-state index in [4.69, 9.17) is 9.47 Å². The van der Waals surface area contributed by atoms with Gasteiger partial charge < -0.3 is 20.1 Å². The van der Waals surface area contributed by atoms with Gasteiger partial charge in [0.25, 0.3) is 0 Å². The lowest BCUT2D eigenvalue weighted by Gasteiger charge is -2.13. The summed E-state index contributed by atoms with van der Waals surface area (Å²) in [7, 11) is 1.38. The van der Waals surface area contributed by atoms with Crippen molar-refractivity contribution in [2.75, 3.05) is 20.3 Å². The van der Waals surface area contributed by atoms with Crippen LogP contribution in [0.2, 0.25) is 0 Å². The highest BCUT2D eigenvalue weighted by atomic mass is 127. The van der Waals surface area contributed by atoms with Gasteiger partial charge in [-0.2, -0.15) is 13.2 Å². The summed E-state index contributed by atoms with van der Waals surface area (Å²) in [4.78, 5) is 9.92. The number of nitrogens with zero attached hydrogens (tertiary/aromatic N) is 2. The van der Waals surface area contributed by atoms with Gasteiger partial charge in [0.05, 0.1) is 20.2 Å². The summed E-state index contributed by atoms with van der Waals surface area (Å²) in [5.41, 5.74) is 0.776. The van der Waals surface area contributed by atoms with Gasteiger partial charge in [0, 0.05) is 17.6 Å². The van der Waals surface area contributed by atoms with Crippen molar-refractivity contribution >= 4 is 41.3 Å². The monoisotopic (exact) mass is 544 g/mol. The first-order chi connectivity index (χ1) is 13.3. The summed E-state index contributed by atoms with van der Waals surface area (Å²) in [6, 6.07) is 4.72. The molecule has 0 fully saturated rings. The SMILES string of the molecule is CCNC(=NCc1ccc(OCC(F)(F)F)c(OC)c1)NCc1ncc(C)s1.I. The van der Waals surface area contributed by atoms with E-state index in [0.29, 0.717) is 25.6 Å². The molecule has 11 heteroatoms. The van der Waals surface area contributed by atoms with E-state index in [2.05, 4.69) is 20.6 Å². The highest BCUT2D eigenvalue weighted by Gasteiger charge is 2.29. The van der Waals surface area contributed by atoms with Crippen molar-refractivity contribution in [1.29, 1.82) is 0 Å². The predicted molar refractivity (Wildman–Crippen MR) is 118 cm³/mol. The Kier molecular flexibility index (Phi) is 10.5. The van der Waals surface area contributed by atoms with E-state index in [9.17, 15) is 13.2 Å². The average molecular weight is 544 g/mol. The standard InChI is InChI=1S/C18H23F3N4O2S.HI/c1-4-22-17(25-10-16-23-8-12(2)28-16)24-9-13-5-6-14(15(7-13)26-3)27-11-18(19,20)21;/h5-8H,4,9-11H2,1-3H3,(H2,22,24,25);1H. The van der Waals surface area contributed by atoms with Gasteiger partial charge >= 0.3 is 6.18 Å². The first-order valence-electron chi connectivity index (χ1n) is 8.60. The molecule has 2 aromatic rings. The lowest BCUT2D eigenvalue weighted by molar-refractivity contribution is -0.153. The molecule has 162 valence electrons. The van der Waals surface area contributed by atoms with Crippen LogP contribution in [-0.2, 0) is 13.1 Å². The lowest BCUT2D eigenvalue weighted by atomic mass is 10.2. The predicted octanol–water partition coefficient (Wildman–Crippen LogP) is 4.27. The fourth-order valence-corrected chi connectivity index (χ4v) is 2.97. The second-order valence-electron chi connectivity index (χ2n) is 5.80. The molecule has 29 heavy (non-hydrogen) atoms. The number of thiazole rings is 1. The molecule has 0 bridgehead atoms. The maximum absolute atomic E-state index is 12.3. The fraction of sp³-hybridized carbons (Fsp3) is 0.444. The maximum atomic E-state index is 12.3. The molecule has 0 saturated carbocycles. The van der Waals surface area contributed by atoms with E-state index < -0.39 is 12.8 Å². The van der Waals surface area contributed by atoms with E-state index in [1.54, 1.807) is 23.5 Å². The number of halogens is 4. The summed E-state index contributed by atoms with van der Waals surface area (Å²) in [5, 5.41) is 7.30. The third-order valence-corrected chi connectivity index (χ3v) is 4.37. The van der Waals surface area contributed by atoms with Crippen molar-refractivity contribution in [3.8, 4) is 11.5 Å². The highest BCUT2D eigenvalue weighted by Crippen LogP contribution is 2.30. The normalized spacial score (nSPS) is 11.6. The molecule has 6 nitrogen and oxygen atoms in total. The molecule has 2 N–H and O–H groups in total. The van der Waals surface area contributed by atoms with Gasteiger partial charge in [0.1, 0.15) is 5.01 Å². The number of aryl methyl sites for hydroxylation is 1. The molecule has 0 aliphatic heterocycles. The topological polar surface area (TPSA) is 67.8 Å². The van der Waals surface area contributed by atoms with Crippen molar-refractivity contribution < 1.29 is 22.6 Å². The molecule has 0 spiro atoms. The Hall–Kier alpha value is -1.76. The Labute approximate surface area is 188 Å². The van der Waals surface area contributed by atoms with Crippen LogP contribution in [-0.4, -0.2) is 37.4 Å². The number of nitrogens with one attached hydrogen (secondary N) is 2. The summed E-state index contributed by atoms with van der Waals surface area (Å²) < 4.78 is 46.9. The van der Waals surface area contributed by atoms with Crippen LogP contribution < -0.4 is 20.1 Å². The van der Waals surface area contributed by atoms with Gasteiger partial charge in [-0.3, -0.25) is 0 Å². The minimum absolute atomic E-state index is 0. The Morgan fingerprint density at radius 3 is 2.59 bits per heavy atom. The van der Waals surface area contributed by atoms with Crippen LogP contribution >= 0.6 is 35.3 Å². The van der Waals surface area contributed by atoms with Gasteiger partial charge in [-0.1, -0.05) is 6.07 Å². The molecule has 0 atom stereocenters. The first-order valence-corrected chi connectivity index (χ1v) is 9.42. The zero-order valence-corrected chi connectivity index (χ0v) is 19.4. The van der Waals surface area contributed by atoms with E-state index in [-0.39, 0.29) is 35.5 Å². The van der Waals surface area contributed by atoms with Crippen LogP contribution in [0.25, 0.3) is 0 Å². The zero-order chi connectivity index (χ0) is 20.6. The smallest absolute Gasteiger partial charge is 0.422 e. The van der Waals surface area contributed by atoms with E-state index >= 15 is 0 Å². The Bertz CT molecular complexity index is 800. The number of guanidine groups is 1. The van der Waals surface area contributed by atoms with Gasteiger partial charge in [0.2, 0.25) is 0 Å². The van der Waals surface area contributed by atoms with Gasteiger partial charge in [-0.05, 0) is 31.5 Å². The molecule has 0 saturated heterocycles. The fourth-order valence-electron chi connectivity index (χ4n) is 2.24. The summed E-state index contributed by atoms with van der Waals surface area (Å²) in [6.45, 7) is 4.15. The number of alkyl halides is 3. The third kappa shape index (κ3) is 9.07. The number of hydrogen-bond donors (Lipinski definition) is 2. The number of ether oxygens (including phenoxy) is 2. The first kappa shape index (κ1) is 25.3. The number of aliphatic imine (C=N–C) groups is 1. The number of rotatable bonds is 8. The largest absolute Gasteiger partial charge is 0.493 e. The number of hydrogen-bond acceptors (Lipinski definition) is 5. The maximum Gasteiger partial charge on any atom is 0.422 e. The Balaban J connectivity index is 0.00000420. The van der Waals surface area contributed by atoms with Gasteiger partial charge in [-0.15, -0.1) is 35.3 Å². The van der Waals surface area contributed by atoms with E-state index in [0.717, 1.165) is 15.4 Å². The van der Waals surface area contributed by atoms with Gasteiger partial charge in [0.15, 0.2) is 24.1 Å². The molecular weight excluding hydrogens is 520 g/mol.